The first-order chi connectivity index (χ1) is 8.59. The number of nitrogens with zero attached hydrogens (tertiary/aromatic N) is 1. The van der Waals surface area contributed by atoms with Gasteiger partial charge in [0.25, 0.3) is 5.91 Å². The van der Waals surface area contributed by atoms with Crippen LogP contribution in [0, 0.1) is 12.8 Å². The Morgan fingerprint density at radius 3 is 2.33 bits per heavy atom. The minimum absolute atomic E-state index is 0.0927. The third-order valence-electron chi connectivity index (χ3n) is 3.73. The Bertz CT molecular complexity index is 459. The third kappa shape index (κ3) is 2.61. The number of likely N-dealkylation sites (tertiary alicyclic amines) is 1. The number of rotatable bonds is 2. The number of hydrogen-bond acceptors (Lipinski definition) is 2. The highest BCUT2D eigenvalue weighted by Crippen LogP contribution is 2.20. The molecule has 0 aromatic heterocycles. The largest absolute Gasteiger partial charge is 0.339 e. The van der Waals surface area contributed by atoms with Crippen LogP contribution in [0.3, 0.4) is 0 Å². The maximum absolute atomic E-state index is 12.3. The standard InChI is InChI=1S/C15H19NO2/c1-11-5-3-4-6-14(11)15(18)16-9-7-13(8-10-16)12(2)17/h3-6,13H,7-10H2,1-2H3. The van der Waals surface area contributed by atoms with Crippen molar-refractivity contribution in [1.82, 2.24) is 4.90 Å². The monoisotopic (exact) mass is 245 g/mol. The molecule has 0 aliphatic carbocycles. The molecular weight excluding hydrogens is 226 g/mol. The lowest BCUT2D eigenvalue weighted by atomic mass is 9.93. The van der Waals surface area contributed by atoms with Crippen LogP contribution in [0.25, 0.3) is 0 Å². The highest BCUT2D eigenvalue weighted by molar-refractivity contribution is 5.95. The van der Waals surface area contributed by atoms with E-state index in [0.29, 0.717) is 13.1 Å². The maximum atomic E-state index is 12.3. The van der Waals surface area contributed by atoms with E-state index in [2.05, 4.69) is 0 Å². The summed E-state index contributed by atoms with van der Waals surface area (Å²) in [7, 11) is 0. The second-order valence-corrected chi connectivity index (χ2v) is 4.99. The van der Waals surface area contributed by atoms with Crippen LogP contribution in [0.2, 0.25) is 0 Å². The van der Waals surface area contributed by atoms with E-state index in [-0.39, 0.29) is 17.6 Å². The van der Waals surface area contributed by atoms with Gasteiger partial charge in [-0.15, -0.1) is 0 Å². The van der Waals surface area contributed by atoms with Crippen molar-refractivity contribution < 1.29 is 9.59 Å². The normalized spacial score (nSPS) is 16.7. The van der Waals surface area contributed by atoms with Crippen LogP contribution >= 0.6 is 0 Å². The second-order valence-electron chi connectivity index (χ2n) is 4.99. The molecule has 0 bridgehead atoms. The lowest BCUT2D eigenvalue weighted by molar-refractivity contribution is -0.121. The van der Waals surface area contributed by atoms with Gasteiger partial charge in [-0.25, -0.2) is 0 Å². The summed E-state index contributed by atoms with van der Waals surface area (Å²) >= 11 is 0. The molecule has 3 nitrogen and oxygen atoms in total. The van der Waals surface area contributed by atoms with Crippen LogP contribution in [0.5, 0.6) is 0 Å². The van der Waals surface area contributed by atoms with E-state index >= 15 is 0 Å². The molecule has 1 aromatic rings. The van der Waals surface area contributed by atoms with Crippen molar-refractivity contribution in [3.63, 3.8) is 0 Å². The van der Waals surface area contributed by atoms with Crippen molar-refractivity contribution in [3.05, 3.63) is 35.4 Å². The molecule has 0 radical (unpaired) electrons. The van der Waals surface area contributed by atoms with Crippen LogP contribution in [0.1, 0.15) is 35.7 Å². The summed E-state index contributed by atoms with van der Waals surface area (Å²) in [4.78, 5) is 25.5. The van der Waals surface area contributed by atoms with Gasteiger partial charge < -0.3 is 4.90 Å². The first-order valence-electron chi connectivity index (χ1n) is 6.45. The molecule has 0 spiro atoms. The number of amides is 1. The molecular formula is C15H19NO2. The number of piperidine rings is 1. The molecule has 0 saturated carbocycles. The molecule has 1 amide bonds. The van der Waals surface area contributed by atoms with Crippen molar-refractivity contribution in [2.24, 2.45) is 5.92 Å². The molecule has 3 heteroatoms. The predicted octanol–water partition coefficient (Wildman–Crippen LogP) is 2.44. The molecule has 96 valence electrons. The molecule has 18 heavy (non-hydrogen) atoms. The molecule has 1 saturated heterocycles. The number of benzene rings is 1. The Morgan fingerprint density at radius 2 is 1.78 bits per heavy atom. The van der Waals surface area contributed by atoms with Gasteiger partial charge in [0, 0.05) is 24.6 Å². The predicted molar refractivity (Wildman–Crippen MR) is 70.5 cm³/mol. The number of carbonyl (C=O) groups is 2. The van der Waals surface area contributed by atoms with Crippen molar-refractivity contribution in [1.29, 1.82) is 0 Å². The van der Waals surface area contributed by atoms with Crippen LogP contribution in [0.4, 0.5) is 0 Å². The average Bonchev–Trinajstić information content (AvgIpc) is 2.38. The van der Waals surface area contributed by atoms with E-state index in [9.17, 15) is 9.59 Å². The number of Topliss-reactive ketones (excluding diaryl/α,β-unsaturated/α-hetero) is 1. The first kappa shape index (κ1) is 12.8. The van der Waals surface area contributed by atoms with Gasteiger partial charge in [-0.05, 0) is 38.3 Å². The van der Waals surface area contributed by atoms with Crippen LogP contribution in [0.15, 0.2) is 24.3 Å². The van der Waals surface area contributed by atoms with E-state index in [0.717, 1.165) is 24.0 Å². The van der Waals surface area contributed by atoms with Gasteiger partial charge in [-0.1, -0.05) is 18.2 Å². The Morgan fingerprint density at radius 1 is 1.17 bits per heavy atom. The van der Waals surface area contributed by atoms with Crippen LogP contribution < -0.4 is 0 Å². The van der Waals surface area contributed by atoms with Gasteiger partial charge in [0.05, 0.1) is 0 Å². The Hall–Kier alpha value is -1.64. The number of hydrogen-bond donors (Lipinski definition) is 0. The molecule has 1 aromatic carbocycles. The van der Waals surface area contributed by atoms with E-state index in [1.807, 2.05) is 36.1 Å². The Balaban J connectivity index is 2.04. The van der Waals surface area contributed by atoms with Crippen molar-refractivity contribution in [2.45, 2.75) is 26.7 Å². The van der Waals surface area contributed by atoms with Gasteiger partial charge in [0.15, 0.2) is 0 Å². The number of ketones is 1. The molecule has 0 atom stereocenters. The van der Waals surface area contributed by atoms with Crippen LogP contribution in [-0.4, -0.2) is 29.7 Å². The minimum atomic E-state index is 0.0927. The Labute approximate surface area is 108 Å². The smallest absolute Gasteiger partial charge is 0.254 e. The van der Waals surface area contributed by atoms with Gasteiger partial charge in [-0.3, -0.25) is 9.59 Å². The summed E-state index contributed by atoms with van der Waals surface area (Å²) in [5.41, 5.74) is 1.79. The minimum Gasteiger partial charge on any atom is -0.339 e. The zero-order valence-electron chi connectivity index (χ0n) is 11.0. The quantitative estimate of drug-likeness (QED) is 0.802. The van der Waals surface area contributed by atoms with Gasteiger partial charge >= 0.3 is 0 Å². The van der Waals surface area contributed by atoms with E-state index < -0.39 is 0 Å². The SMILES string of the molecule is CC(=O)C1CCN(C(=O)c2ccccc2C)CC1. The van der Waals surface area contributed by atoms with Crippen molar-refractivity contribution >= 4 is 11.7 Å². The highest BCUT2D eigenvalue weighted by atomic mass is 16.2. The zero-order valence-corrected chi connectivity index (χ0v) is 11.0. The molecule has 1 fully saturated rings. The summed E-state index contributed by atoms with van der Waals surface area (Å²) < 4.78 is 0. The average molecular weight is 245 g/mol. The molecule has 0 N–H and O–H groups in total. The second kappa shape index (κ2) is 5.34. The van der Waals surface area contributed by atoms with Crippen LogP contribution in [-0.2, 0) is 4.79 Å². The molecule has 2 rings (SSSR count). The maximum Gasteiger partial charge on any atom is 0.254 e. The fraction of sp³-hybridized carbons (Fsp3) is 0.467. The summed E-state index contributed by atoms with van der Waals surface area (Å²) in [5, 5.41) is 0. The summed E-state index contributed by atoms with van der Waals surface area (Å²) in [6, 6.07) is 7.65. The summed E-state index contributed by atoms with van der Waals surface area (Å²) in [6.45, 7) is 4.98. The fourth-order valence-electron chi connectivity index (χ4n) is 2.47. The van der Waals surface area contributed by atoms with Gasteiger partial charge in [-0.2, -0.15) is 0 Å². The lowest BCUT2D eigenvalue weighted by Crippen LogP contribution is -2.40. The van der Waals surface area contributed by atoms with E-state index in [1.54, 1.807) is 6.92 Å². The Kier molecular flexibility index (Phi) is 3.80. The number of carbonyl (C=O) groups excluding carboxylic acids is 2. The lowest BCUT2D eigenvalue weighted by Gasteiger charge is -2.31. The fourth-order valence-corrected chi connectivity index (χ4v) is 2.47. The molecule has 0 unspecified atom stereocenters. The molecule has 1 aliphatic heterocycles. The molecule has 1 aliphatic rings. The van der Waals surface area contributed by atoms with Gasteiger partial charge in [0.2, 0.25) is 0 Å². The van der Waals surface area contributed by atoms with E-state index in [1.165, 1.54) is 0 Å². The summed E-state index contributed by atoms with van der Waals surface area (Å²) in [6.07, 6.45) is 1.60. The highest BCUT2D eigenvalue weighted by Gasteiger charge is 2.26. The van der Waals surface area contributed by atoms with Crippen molar-refractivity contribution in [3.8, 4) is 0 Å². The topological polar surface area (TPSA) is 37.4 Å². The van der Waals surface area contributed by atoms with Crippen molar-refractivity contribution in [2.75, 3.05) is 13.1 Å². The molecule has 1 heterocycles. The first-order valence-corrected chi connectivity index (χ1v) is 6.45. The third-order valence-corrected chi connectivity index (χ3v) is 3.73. The van der Waals surface area contributed by atoms with Gasteiger partial charge in [0.1, 0.15) is 5.78 Å². The van der Waals surface area contributed by atoms with E-state index in [4.69, 9.17) is 0 Å². The zero-order chi connectivity index (χ0) is 13.1. The number of aryl methyl sites for hydroxylation is 1. The summed E-state index contributed by atoms with van der Waals surface area (Å²) in [5.74, 6) is 0.485.